The number of aryl methyl sites for hydroxylation is 1. The number of hydrogen-bond donors (Lipinski definition) is 4. The van der Waals surface area contributed by atoms with E-state index >= 15 is 0 Å². The smallest absolute Gasteiger partial charge is 0.313 e. The van der Waals surface area contributed by atoms with Gasteiger partial charge in [0, 0.05) is 17.9 Å². The zero-order valence-corrected chi connectivity index (χ0v) is 19.4. The molecule has 1 fully saturated rings. The average Bonchev–Trinajstić information content (AvgIpc) is 3.15. The highest BCUT2D eigenvalue weighted by Gasteiger charge is 2.68. The summed E-state index contributed by atoms with van der Waals surface area (Å²) in [4.78, 5) is 26.5. The van der Waals surface area contributed by atoms with Gasteiger partial charge < -0.3 is 25.2 Å². The Morgan fingerprint density at radius 2 is 1.94 bits per heavy atom. The van der Waals surface area contributed by atoms with Crippen molar-refractivity contribution < 1.29 is 34.8 Å². The number of unbranched alkanes of at least 4 members (excludes halogenated alkanes) is 1. The fourth-order valence-electron chi connectivity index (χ4n) is 5.82. The summed E-state index contributed by atoms with van der Waals surface area (Å²) in [6.07, 6.45) is -0.804. The number of aliphatic hydroxyl groups is 4. The first-order valence-corrected chi connectivity index (χ1v) is 11.5. The van der Waals surface area contributed by atoms with Gasteiger partial charge in [-0.3, -0.25) is 9.59 Å². The minimum Gasteiger partial charge on any atom is -0.456 e. The lowest BCUT2D eigenvalue weighted by atomic mass is 9.65. The van der Waals surface area contributed by atoms with Crippen LogP contribution in [-0.2, 0) is 19.9 Å². The first kappa shape index (κ1) is 23.8. The first-order chi connectivity index (χ1) is 15.5. The molecule has 4 rings (SSSR count). The highest BCUT2D eigenvalue weighted by atomic mass is 16.6. The minimum absolute atomic E-state index is 0.105. The summed E-state index contributed by atoms with van der Waals surface area (Å²) < 4.78 is 5.63. The highest BCUT2D eigenvalue weighted by molar-refractivity contribution is 6.08. The monoisotopic (exact) mass is 456 g/mol. The predicted molar refractivity (Wildman–Crippen MR) is 120 cm³/mol. The lowest BCUT2D eigenvalue weighted by Gasteiger charge is -2.41. The van der Waals surface area contributed by atoms with Crippen molar-refractivity contribution in [3.8, 4) is 0 Å². The maximum Gasteiger partial charge on any atom is 0.313 e. The zero-order chi connectivity index (χ0) is 24.3. The van der Waals surface area contributed by atoms with E-state index in [-0.39, 0.29) is 23.1 Å². The standard InChI is InChI=1S/C26H32O7/c1-5-6-9-14(3)21(28)19-20-18-15(12-17(27)25(20,4)33-24(19)31)22(29)26(32,23(18)30)16-11-8-7-10-13(16)2/h7-11,17,19-21,23,27-28,30,32H,5-6,12H2,1-4H3. The van der Waals surface area contributed by atoms with Gasteiger partial charge in [0.25, 0.3) is 0 Å². The van der Waals surface area contributed by atoms with Gasteiger partial charge in [0.05, 0.1) is 18.1 Å². The van der Waals surface area contributed by atoms with Crippen LogP contribution in [0.2, 0.25) is 0 Å². The van der Waals surface area contributed by atoms with Gasteiger partial charge in [0.2, 0.25) is 0 Å². The molecule has 1 saturated heterocycles. The maximum atomic E-state index is 13.5. The van der Waals surface area contributed by atoms with Crippen molar-refractivity contribution in [2.75, 3.05) is 0 Å². The summed E-state index contributed by atoms with van der Waals surface area (Å²) in [5.41, 5.74) is -1.91. The fraction of sp³-hybridized carbons (Fsp3) is 0.538. The van der Waals surface area contributed by atoms with Crippen LogP contribution in [0.15, 0.2) is 47.1 Å². The Bertz CT molecular complexity index is 1060. The van der Waals surface area contributed by atoms with Crippen LogP contribution in [0, 0.1) is 18.8 Å². The molecule has 1 aromatic carbocycles. The van der Waals surface area contributed by atoms with Crippen molar-refractivity contribution >= 4 is 11.8 Å². The third-order valence-corrected chi connectivity index (χ3v) is 7.74. The molecule has 7 nitrogen and oxygen atoms in total. The Morgan fingerprint density at radius 3 is 2.58 bits per heavy atom. The van der Waals surface area contributed by atoms with Crippen LogP contribution >= 0.6 is 0 Å². The second kappa shape index (κ2) is 8.17. The number of benzene rings is 1. The summed E-state index contributed by atoms with van der Waals surface area (Å²) in [5.74, 6) is -3.48. The third-order valence-electron chi connectivity index (χ3n) is 7.74. The van der Waals surface area contributed by atoms with Crippen molar-refractivity contribution in [2.45, 2.75) is 76.5 Å². The molecule has 0 bridgehead atoms. The van der Waals surface area contributed by atoms with Gasteiger partial charge in [-0.05, 0) is 49.5 Å². The van der Waals surface area contributed by atoms with Crippen LogP contribution in [-0.4, -0.2) is 56.1 Å². The first-order valence-electron chi connectivity index (χ1n) is 11.5. The molecule has 178 valence electrons. The molecule has 0 spiro atoms. The summed E-state index contributed by atoms with van der Waals surface area (Å²) in [6.45, 7) is 7.01. The molecule has 1 aliphatic heterocycles. The molecule has 1 heterocycles. The molecule has 4 N–H and O–H groups in total. The largest absolute Gasteiger partial charge is 0.456 e. The lowest BCUT2D eigenvalue weighted by Crippen LogP contribution is -2.52. The average molecular weight is 457 g/mol. The summed E-state index contributed by atoms with van der Waals surface area (Å²) >= 11 is 0. The Morgan fingerprint density at radius 1 is 1.27 bits per heavy atom. The van der Waals surface area contributed by atoms with Crippen molar-refractivity contribution in [2.24, 2.45) is 11.8 Å². The Hall–Kier alpha value is -2.32. The highest BCUT2D eigenvalue weighted by Crippen LogP contribution is 2.57. The molecule has 1 aromatic rings. The van der Waals surface area contributed by atoms with E-state index < -0.39 is 53.1 Å². The van der Waals surface area contributed by atoms with Crippen LogP contribution in [0.25, 0.3) is 0 Å². The number of aliphatic hydroxyl groups excluding tert-OH is 3. The molecule has 3 aliphatic rings. The van der Waals surface area contributed by atoms with Gasteiger partial charge in [-0.2, -0.15) is 0 Å². The molecule has 0 saturated carbocycles. The number of allylic oxidation sites excluding steroid dienone is 1. The van der Waals surface area contributed by atoms with E-state index in [2.05, 4.69) is 0 Å². The van der Waals surface area contributed by atoms with Crippen molar-refractivity contribution in [3.05, 3.63) is 58.2 Å². The maximum absolute atomic E-state index is 13.5. The topological polar surface area (TPSA) is 124 Å². The van der Waals surface area contributed by atoms with Crippen molar-refractivity contribution in [1.82, 2.24) is 0 Å². The second-order valence-corrected chi connectivity index (χ2v) is 9.76. The number of ketones is 1. The van der Waals surface area contributed by atoms with E-state index in [1.54, 1.807) is 45.0 Å². The molecule has 7 atom stereocenters. The Labute approximate surface area is 193 Å². The molecule has 0 radical (unpaired) electrons. The van der Waals surface area contributed by atoms with E-state index in [0.29, 0.717) is 11.1 Å². The third kappa shape index (κ3) is 3.25. The predicted octanol–water partition coefficient (Wildman–Crippen LogP) is 1.84. The normalized spacial score (nSPS) is 37.2. The zero-order valence-electron chi connectivity index (χ0n) is 19.4. The molecular formula is C26H32O7. The quantitative estimate of drug-likeness (QED) is 0.394. The second-order valence-electron chi connectivity index (χ2n) is 9.76. The van der Waals surface area contributed by atoms with Crippen LogP contribution in [0.1, 0.15) is 51.2 Å². The summed E-state index contributed by atoms with van der Waals surface area (Å²) in [5, 5.41) is 45.1. The van der Waals surface area contributed by atoms with Gasteiger partial charge in [-0.1, -0.05) is 43.7 Å². The van der Waals surface area contributed by atoms with Crippen LogP contribution in [0.3, 0.4) is 0 Å². The van der Waals surface area contributed by atoms with E-state index in [1.807, 2.05) is 13.0 Å². The Kier molecular flexibility index (Phi) is 5.90. The SMILES string of the molecule is CCCC=C(C)C(O)C1C(=O)OC2(C)C(O)CC3=C(C(O)C(O)(c4ccccc4C)C3=O)C12. The van der Waals surface area contributed by atoms with Gasteiger partial charge >= 0.3 is 5.97 Å². The molecule has 7 unspecified atom stereocenters. The van der Waals surface area contributed by atoms with Crippen LogP contribution < -0.4 is 0 Å². The van der Waals surface area contributed by atoms with Gasteiger partial charge in [0.1, 0.15) is 11.7 Å². The molecule has 7 heteroatoms. The van der Waals surface area contributed by atoms with E-state index in [0.717, 1.165) is 12.8 Å². The lowest BCUT2D eigenvalue weighted by molar-refractivity contribution is -0.160. The van der Waals surface area contributed by atoms with Gasteiger partial charge in [-0.15, -0.1) is 0 Å². The number of Topliss-reactive ketones (excluding diaryl/α,β-unsaturated/α-hetero) is 1. The van der Waals surface area contributed by atoms with Crippen LogP contribution in [0.4, 0.5) is 0 Å². The van der Waals surface area contributed by atoms with E-state index in [1.165, 1.54) is 0 Å². The molecular weight excluding hydrogens is 424 g/mol. The number of hydrogen-bond acceptors (Lipinski definition) is 7. The molecule has 0 aromatic heterocycles. The molecule has 33 heavy (non-hydrogen) atoms. The molecule has 0 amide bonds. The minimum atomic E-state index is -2.24. The number of ether oxygens (including phenoxy) is 1. The number of esters is 1. The number of rotatable bonds is 5. The van der Waals surface area contributed by atoms with Crippen molar-refractivity contribution in [3.63, 3.8) is 0 Å². The van der Waals surface area contributed by atoms with E-state index in [9.17, 15) is 30.0 Å². The van der Waals surface area contributed by atoms with Gasteiger partial charge in [0.15, 0.2) is 11.4 Å². The van der Waals surface area contributed by atoms with E-state index in [4.69, 9.17) is 4.74 Å². The number of carbonyl (C=O) groups is 2. The summed E-state index contributed by atoms with van der Waals surface area (Å²) in [7, 11) is 0. The van der Waals surface area contributed by atoms with Crippen molar-refractivity contribution in [1.29, 1.82) is 0 Å². The number of carbonyl (C=O) groups excluding carboxylic acids is 2. The fourth-order valence-corrected chi connectivity index (χ4v) is 5.82. The Balaban J connectivity index is 1.85. The summed E-state index contributed by atoms with van der Waals surface area (Å²) in [6, 6.07) is 6.77. The van der Waals surface area contributed by atoms with Gasteiger partial charge in [-0.25, -0.2) is 0 Å². The van der Waals surface area contributed by atoms with Crippen LogP contribution in [0.5, 0.6) is 0 Å². The molecule has 2 aliphatic carbocycles. The number of fused-ring (bicyclic) bond motifs is 2.